The van der Waals surface area contributed by atoms with E-state index in [9.17, 15) is 10.1 Å². The predicted molar refractivity (Wildman–Crippen MR) is 77.4 cm³/mol. The van der Waals surface area contributed by atoms with Crippen LogP contribution in [0, 0.1) is 10.1 Å². The Morgan fingerprint density at radius 3 is 2.75 bits per heavy atom. The van der Waals surface area contributed by atoms with E-state index in [2.05, 4.69) is 5.32 Å². The second-order valence-electron chi connectivity index (χ2n) is 4.15. The standard InChI is InChI=1S/C14H13ClN2O3/c1-16-9-10-3-2-4-12(7-10)20-14-6-5-11(17(18)19)8-13(14)15/h2-8,16H,9H2,1H3. The van der Waals surface area contributed by atoms with Gasteiger partial charge in [0.15, 0.2) is 0 Å². The van der Waals surface area contributed by atoms with Gasteiger partial charge in [-0.1, -0.05) is 23.7 Å². The molecule has 2 rings (SSSR count). The molecule has 2 aromatic rings. The maximum Gasteiger partial charge on any atom is 0.271 e. The molecule has 0 bridgehead atoms. The molecule has 2 aromatic carbocycles. The van der Waals surface area contributed by atoms with Gasteiger partial charge in [-0.15, -0.1) is 0 Å². The number of benzene rings is 2. The summed E-state index contributed by atoms with van der Waals surface area (Å²) in [6.07, 6.45) is 0. The van der Waals surface area contributed by atoms with Crippen LogP contribution in [0.15, 0.2) is 42.5 Å². The number of nitrogens with zero attached hydrogens (tertiary/aromatic N) is 1. The topological polar surface area (TPSA) is 64.4 Å². The van der Waals surface area contributed by atoms with Gasteiger partial charge in [0, 0.05) is 18.7 Å². The lowest BCUT2D eigenvalue weighted by Crippen LogP contribution is -2.04. The van der Waals surface area contributed by atoms with Crippen LogP contribution in [-0.4, -0.2) is 12.0 Å². The molecule has 5 nitrogen and oxygen atoms in total. The monoisotopic (exact) mass is 292 g/mol. The van der Waals surface area contributed by atoms with Gasteiger partial charge in [-0.3, -0.25) is 10.1 Å². The van der Waals surface area contributed by atoms with Crippen LogP contribution in [0.2, 0.25) is 5.02 Å². The summed E-state index contributed by atoms with van der Waals surface area (Å²) in [6, 6.07) is 11.7. The van der Waals surface area contributed by atoms with Gasteiger partial charge >= 0.3 is 0 Å². The van der Waals surface area contributed by atoms with Gasteiger partial charge in [-0.2, -0.15) is 0 Å². The summed E-state index contributed by atoms with van der Waals surface area (Å²) in [5.74, 6) is 1.02. The van der Waals surface area contributed by atoms with Crippen LogP contribution < -0.4 is 10.1 Å². The SMILES string of the molecule is CNCc1cccc(Oc2ccc([N+](=O)[O-])cc2Cl)c1. The molecule has 20 heavy (non-hydrogen) atoms. The maximum atomic E-state index is 10.6. The van der Waals surface area contributed by atoms with Gasteiger partial charge in [0.05, 0.1) is 9.95 Å². The van der Waals surface area contributed by atoms with E-state index in [0.717, 1.165) is 12.1 Å². The van der Waals surface area contributed by atoms with Crippen molar-refractivity contribution in [2.75, 3.05) is 7.05 Å². The summed E-state index contributed by atoms with van der Waals surface area (Å²) in [7, 11) is 1.86. The van der Waals surface area contributed by atoms with Crippen LogP contribution in [0.4, 0.5) is 5.69 Å². The van der Waals surface area contributed by atoms with Gasteiger partial charge in [0.25, 0.3) is 5.69 Å². The largest absolute Gasteiger partial charge is 0.456 e. The van der Waals surface area contributed by atoms with Crippen molar-refractivity contribution in [1.29, 1.82) is 0 Å². The molecule has 0 aliphatic rings. The highest BCUT2D eigenvalue weighted by molar-refractivity contribution is 6.32. The number of non-ortho nitro benzene ring substituents is 1. The number of nitro groups is 1. The first-order chi connectivity index (χ1) is 9.60. The van der Waals surface area contributed by atoms with Gasteiger partial charge in [-0.05, 0) is 30.8 Å². The number of hydrogen-bond acceptors (Lipinski definition) is 4. The number of halogens is 1. The molecule has 0 heterocycles. The van der Waals surface area contributed by atoms with Crippen LogP contribution >= 0.6 is 11.6 Å². The molecule has 0 aliphatic heterocycles. The van der Waals surface area contributed by atoms with Crippen molar-refractivity contribution in [3.8, 4) is 11.5 Å². The zero-order valence-corrected chi connectivity index (χ0v) is 11.6. The van der Waals surface area contributed by atoms with E-state index in [-0.39, 0.29) is 10.7 Å². The average molecular weight is 293 g/mol. The Labute approximate surface area is 121 Å². The zero-order valence-electron chi connectivity index (χ0n) is 10.8. The maximum absolute atomic E-state index is 10.6. The summed E-state index contributed by atoms with van der Waals surface area (Å²) < 4.78 is 5.65. The van der Waals surface area contributed by atoms with Crippen LogP contribution in [0.25, 0.3) is 0 Å². The van der Waals surface area contributed by atoms with Crippen molar-refractivity contribution in [2.24, 2.45) is 0 Å². The molecule has 0 unspecified atom stereocenters. The van der Waals surface area contributed by atoms with E-state index in [1.165, 1.54) is 18.2 Å². The predicted octanol–water partition coefficient (Wildman–Crippen LogP) is 3.76. The van der Waals surface area contributed by atoms with Gasteiger partial charge in [0.2, 0.25) is 0 Å². The Hall–Kier alpha value is -2.11. The normalized spacial score (nSPS) is 10.3. The number of ether oxygens (including phenoxy) is 1. The second kappa shape index (κ2) is 6.36. The van der Waals surface area contributed by atoms with E-state index in [1.807, 2.05) is 25.2 Å². The lowest BCUT2D eigenvalue weighted by Gasteiger charge is -2.09. The summed E-state index contributed by atoms with van der Waals surface area (Å²) in [5.41, 5.74) is 1.01. The van der Waals surface area contributed by atoms with E-state index in [1.54, 1.807) is 6.07 Å². The van der Waals surface area contributed by atoms with E-state index in [0.29, 0.717) is 11.5 Å². The third-order valence-electron chi connectivity index (χ3n) is 2.63. The van der Waals surface area contributed by atoms with Gasteiger partial charge < -0.3 is 10.1 Å². The first kappa shape index (κ1) is 14.3. The van der Waals surface area contributed by atoms with E-state index >= 15 is 0 Å². The van der Waals surface area contributed by atoms with Crippen LogP contribution in [-0.2, 0) is 6.54 Å². The fourth-order valence-corrected chi connectivity index (χ4v) is 1.95. The fraction of sp³-hybridized carbons (Fsp3) is 0.143. The Balaban J connectivity index is 2.21. The summed E-state index contributed by atoms with van der Waals surface area (Å²) in [4.78, 5) is 10.1. The van der Waals surface area contributed by atoms with Crippen molar-refractivity contribution < 1.29 is 9.66 Å². The zero-order chi connectivity index (χ0) is 14.5. The smallest absolute Gasteiger partial charge is 0.271 e. The van der Waals surface area contributed by atoms with Crippen LogP contribution in [0.3, 0.4) is 0 Å². The van der Waals surface area contributed by atoms with Crippen LogP contribution in [0.1, 0.15) is 5.56 Å². The minimum absolute atomic E-state index is 0.0636. The highest BCUT2D eigenvalue weighted by Crippen LogP contribution is 2.32. The highest BCUT2D eigenvalue weighted by atomic mass is 35.5. The molecular weight excluding hydrogens is 280 g/mol. The third-order valence-corrected chi connectivity index (χ3v) is 2.93. The van der Waals surface area contributed by atoms with Crippen LogP contribution in [0.5, 0.6) is 11.5 Å². The molecule has 0 aromatic heterocycles. The van der Waals surface area contributed by atoms with E-state index < -0.39 is 4.92 Å². The minimum atomic E-state index is -0.497. The molecular formula is C14H13ClN2O3. The average Bonchev–Trinajstić information content (AvgIpc) is 2.42. The lowest BCUT2D eigenvalue weighted by molar-refractivity contribution is -0.384. The summed E-state index contributed by atoms with van der Waals surface area (Å²) in [6.45, 7) is 0.727. The summed E-state index contributed by atoms with van der Waals surface area (Å²) in [5, 5.41) is 13.9. The molecule has 104 valence electrons. The highest BCUT2D eigenvalue weighted by Gasteiger charge is 2.11. The van der Waals surface area contributed by atoms with Crippen molar-refractivity contribution in [3.63, 3.8) is 0 Å². The van der Waals surface area contributed by atoms with Crippen molar-refractivity contribution in [3.05, 3.63) is 63.2 Å². The second-order valence-corrected chi connectivity index (χ2v) is 4.56. The van der Waals surface area contributed by atoms with Gasteiger partial charge in [0.1, 0.15) is 11.5 Å². The fourth-order valence-electron chi connectivity index (χ4n) is 1.74. The summed E-state index contributed by atoms with van der Waals surface area (Å²) >= 11 is 5.98. The lowest BCUT2D eigenvalue weighted by atomic mass is 10.2. The number of nitro benzene ring substituents is 1. The Kier molecular flexibility index (Phi) is 4.55. The molecule has 6 heteroatoms. The Morgan fingerprint density at radius 1 is 1.30 bits per heavy atom. The first-order valence-corrected chi connectivity index (χ1v) is 6.33. The quantitative estimate of drug-likeness (QED) is 0.673. The number of hydrogen-bond donors (Lipinski definition) is 1. The van der Waals surface area contributed by atoms with Crippen molar-refractivity contribution >= 4 is 17.3 Å². The molecule has 0 aliphatic carbocycles. The minimum Gasteiger partial charge on any atom is -0.456 e. The molecule has 0 spiro atoms. The molecule has 0 atom stereocenters. The van der Waals surface area contributed by atoms with Crippen molar-refractivity contribution in [1.82, 2.24) is 5.32 Å². The molecule has 0 saturated carbocycles. The first-order valence-electron chi connectivity index (χ1n) is 5.95. The third kappa shape index (κ3) is 3.46. The van der Waals surface area contributed by atoms with Gasteiger partial charge in [-0.25, -0.2) is 0 Å². The molecule has 0 fully saturated rings. The Morgan fingerprint density at radius 2 is 2.10 bits per heavy atom. The number of rotatable bonds is 5. The molecule has 0 radical (unpaired) electrons. The Bertz CT molecular complexity index is 632. The molecule has 1 N–H and O–H groups in total. The number of nitrogens with one attached hydrogen (secondary N) is 1. The van der Waals surface area contributed by atoms with E-state index in [4.69, 9.17) is 16.3 Å². The van der Waals surface area contributed by atoms with Crippen molar-refractivity contribution in [2.45, 2.75) is 6.54 Å². The molecule has 0 amide bonds. The molecule has 0 saturated heterocycles.